The van der Waals surface area contributed by atoms with Gasteiger partial charge in [0.15, 0.2) is 0 Å². The van der Waals surface area contributed by atoms with Crippen molar-refractivity contribution in [2.24, 2.45) is 29.6 Å². The minimum Gasteiger partial charge on any atom is -0.314 e. The number of halogens is 1. The molecule has 3 saturated carbocycles. The Morgan fingerprint density at radius 3 is 2.40 bits per heavy atom. The van der Waals surface area contributed by atoms with Gasteiger partial charge in [0, 0.05) is 6.04 Å². The summed E-state index contributed by atoms with van der Waals surface area (Å²) in [6.07, 6.45) is 5.54. The highest BCUT2D eigenvalue weighted by Gasteiger charge is 2.66. The molecule has 0 saturated heterocycles. The maximum atomic E-state index is 13.0. The lowest BCUT2D eigenvalue weighted by atomic mass is 9.93. The van der Waals surface area contributed by atoms with Crippen molar-refractivity contribution in [3.8, 4) is 0 Å². The van der Waals surface area contributed by atoms with Crippen molar-refractivity contribution in [1.82, 2.24) is 5.32 Å². The fraction of sp³-hybridized carbons (Fsp3) is 0.667. The standard InChI is InChI=1S/C18H24FN/c1-2-20-15(9-11-3-7-14(19)8-4-11)18-16-12-5-6-13(10-12)17(16)18/h3-4,7-8,12-13,15-18,20H,2,5-6,9-10H2,1H3. The molecule has 0 aromatic heterocycles. The molecule has 3 aliphatic rings. The number of hydrogen-bond donors (Lipinski definition) is 1. The normalized spacial score (nSPS) is 38.8. The molecular weight excluding hydrogens is 249 g/mol. The average Bonchev–Trinajstić information content (AvgIpc) is 2.88. The molecular formula is C18H24FN. The number of benzene rings is 1. The number of hydrogen-bond acceptors (Lipinski definition) is 1. The summed E-state index contributed by atoms with van der Waals surface area (Å²) in [5.74, 6) is 4.85. The Kier molecular flexibility index (Phi) is 3.10. The number of rotatable bonds is 5. The highest BCUT2D eigenvalue weighted by molar-refractivity contribution is 5.21. The summed E-state index contributed by atoms with van der Waals surface area (Å²) in [5, 5.41) is 3.71. The quantitative estimate of drug-likeness (QED) is 0.863. The minimum atomic E-state index is -0.130. The summed E-state index contributed by atoms with van der Waals surface area (Å²) in [5.41, 5.74) is 1.27. The van der Waals surface area contributed by atoms with Crippen LogP contribution in [0, 0.1) is 35.4 Å². The first-order chi connectivity index (χ1) is 9.78. The van der Waals surface area contributed by atoms with Crippen molar-refractivity contribution >= 4 is 0 Å². The lowest BCUT2D eigenvalue weighted by Gasteiger charge is -2.21. The van der Waals surface area contributed by atoms with E-state index in [9.17, 15) is 4.39 Å². The van der Waals surface area contributed by atoms with E-state index in [4.69, 9.17) is 0 Å². The Balaban J connectivity index is 1.47. The zero-order valence-corrected chi connectivity index (χ0v) is 12.2. The summed E-state index contributed by atoms with van der Waals surface area (Å²) >= 11 is 0. The third kappa shape index (κ3) is 2.00. The van der Waals surface area contributed by atoms with Crippen LogP contribution in [-0.2, 0) is 6.42 Å². The summed E-state index contributed by atoms with van der Waals surface area (Å²) < 4.78 is 13.0. The van der Waals surface area contributed by atoms with Gasteiger partial charge in [-0.25, -0.2) is 4.39 Å². The second-order valence-electron chi connectivity index (χ2n) is 7.06. The predicted molar refractivity (Wildman–Crippen MR) is 78.9 cm³/mol. The van der Waals surface area contributed by atoms with E-state index in [1.165, 1.54) is 24.8 Å². The predicted octanol–water partition coefficient (Wildman–Crippen LogP) is 3.64. The van der Waals surface area contributed by atoms with Crippen LogP contribution >= 0.6 is 0 Å². The third-order valence-corrected chi connectivity index (χ3v) is 6.09. The van der Waals surface area contributed by atoms with Crippen molar-refractivity contribution < 1.29 is 4.39 Å². The molecule has 5 unspecified atom stereocenters. The van der Waals surface area contributed by atoms with E-state index in [1.54, 1.807) is 12.1 Å². The Morgan fingerprint density at radius 1 is 1.15 bits per heavy atom. The molecule has 2 heteroatoms. The van der Waals surface area contributed by atoms with Gasteiger partial charge in [0.25, 0.3) is 0 Å². The molecule has 1 aromatic rings. The van der Waals surface area contributed by atoms with E-state index in [0.29, 0.717) is 6.04 Å². The van der Waals surface area contributed by atoms with Crippen LogP contribution in [-0.4, -0.2) is 12.6 Å². The van der Waals surface area contributed by atoms with Gasteiger partial charge in [-0.2, -0.15) is 0 Å². The van der Waals surface area contributed by atoms with Gasteiger partial charge < -0.3 is 5.32 Å². The molecule has 2 bridgehead atoms. The van der Waals surface area contributed by atoms with E-state index in [2.05, 4.69) is 12.2 Å². The topological polar surface area (TPSA) is 12.0 Å². The summed E-state index contributed by atoms with van der Waals surface area (Å²) in [6.45, 7) is 3.24. The highest BCUT2D eigenvalue weighted by atomic mass is 19.1. The Bertz CT molecular complexity index is 467. The molecule has 1 aromatic carbocycles. The fourth-order valence-electron chi connectivity index (χ4n) is 5.41. The molecule has 4 rings (SSSR count). The first kappa shape index (κ1) is 12.8. The van der Waals surface area contributed by atoms with Gasteiger partial charge in [-0.1, -0.05) is 19.1 Å². The van der Waals surface area contributed by atoms with Crippen molar-refractivity contribution in [3.63, 3.8) is 0 Å². The molecule has 0 aliphatic heterocycles. The summed E-state index contributed by atoms with van der Waals surface area (Å²) in [4.78, 5) is 0. The van der Waals surface area contributed by atoms with Crippen LogP contribution in [0.5, 0.6) is 0 Å². The lowest BCUT2D eigenvalue weighted by molar-refractivity contribution is 0.365. The Morgan fingerprint density at radius 2 is 1.80 bits per heavy atom. The average molecular weight is 273 g/mol. The van der Waals surface area contributed by atoms with Gasteiger partial charge in [-0.05, 0) is 79.5 Å². The van der Waals surface area contributed by atoms with E-state index in [1.807, 2.05) is 12.1 Å². The first-order valence-electron chi connectivity index (χ1n) is 8.25. The minimum absolute atomic E-state index is 0.130. The van der Waals surface area contributed by atoms with Crippen LogP contribution in [0.25, 0.3) is 0 Å². The zero-order valence-electron chi connectivity index (χ0n) is 12.2. The van der Waals surface area contributed by atoms with Gasteiger partial charge in [0.05, 0.1) is 0 Å². The van der Waals surface area contributed by atoms with Crippen LogP contribution in [0.3, 0.4) is 0 Å². The molecule has 0 heterocycles. The van der Waals surface area contributed by atoms with Crippen molar-refractivity contribution in [2.45, 2.75) is 38.6 Å². The lowest BCUT2D eigenvalue weighted by Crippen LogP contribution is -2.35. The summed E-state index contributed by atoms with van der Waals surface area (Å²) in [6, 6.07) is 7.69. The van der Waals surface area contributed by atoms with Crippen molar-refractivity contribution in [1.29, 1.82) is 0 Å². The van der Waals surface area contributed by atoms with Gasteiger partial charge in [-0.3, -0.25) is 0 Å². The number of nitrogens with one attached hydrogen (secondary N) is 1. The molecule has 0 amide bonds. The van der Waals surface area contributed by atoms with Crippen LogP contribution in [0.1, 0.15) is 31.7 Å². The van der Waals surface area contributed by atoms with E-state index >= 15 is 0 Å². The maximum absolute atomic E-state index is 13.0. The van der Waals surface area contributed by atoms with E-state index < -0.39 is 0 Å². The van der Waals surface area contributed by atoms with Crippen molar-refractivity contribution in [3.05, 3.63) is 35.6 Å². The molecule has 1 N–H and O–H groups in total. The number of fused-ring (bicyclic) bond motifs is 5. The van der Waals surface area contributed by atoms with Crippen LogP contribution < -0.4 is 5.32 Å². The van der Waals surface area contributed by atoms with Gasteiger partial charge >= 0.3 is 0 Å². The van der Waals surface area contributed by atoms with Crippen LogP contribution in [0.2, 0.25) is 0 Å². The second-order valence-corrected chi connectivity index (χ2v) is 7.06. The maximum Gasteiger partial charge on any atom is 0.123 e. The summed E-state index contributed by atoms with van der Waals surface area (Å²) in [7, 11) is 0. The first-order valence-corrected chi connectivity index (χ1v) is 8.25. The van der Waals surface area contributed by atoms with Gasteiger partial charge in [0.1, 0.15) is 5.82 Å². The molecule has 0 spiro atoms. The highest BCUT2D eigenvalue weighted by Crippen LogP contribution is 2.70. The smallest absolute Gasteiger partial charge is 0.123 e. The monoisotopic (exact) mass is 273 g/mol. The van der Waals surface area contributed by atoms with E-state index in [0.717, 1.165) is 42.6 Å². The zero-order chi connectivity index (χ0) is 13.7. The second kappa shape index (κ2) is 4.84. The molecule has 0 radical (unpaired) electrons. The molecule has 108 valence electrons. The number of likely N-dealkylation sites (N-methyl/N-ethyl adjacent to an activating group) is 1. The molecule has 5 atom stereocenters. The van der Waals surface area contributed by atoms with Gasteiger partial charge in [0.2, 0.25) is 0 Å². The largest absolute Gasteiger partial charge is 0.314 e. The molecule has 3 fully saturated rings. The van der Waals surface area contributed by atoms with Crippen molar-refractivity contribution in [2.75, 3.05) is 6.54 Å². The van der Waals surface area contributed by atoms with Crippen LogP contribution in [0.4, 0.5) is 4.39 Å². The molecule has 3 aliphatic carbocycles. The molecule has 1 nitrogen and oxygen atoms in total. The van der Waals surface area contributed by atoms with Crippen LogP contribution in [0.15, 0.2) is 24.3 Å². The van der Waals surface area contributed by atoms with Gasteiger partial charge in [-0.15, -0.1) is 0 Å². The van der Waals surface area contributed by atoms with E-state index in [-0.39, 0.29) is 5.82 Å². The SMILES string of the molecule is CCNC(Cc1ccc(F)cc1)C1C2C3CCC(C3)C21. The third-order valence-electron chi connectivity index (χ3n) is 6.09. The Hall–Kier alpha value is -0.890. The fourth-order valence-corrected chi connectivity index (χ4v) is 5.41. The Labute approximate surface area is 121 Å². The molecule has 20 heavy (non-hydrogen) atoms.